The number of nitrogens with zero attached hydrogens (tertiary/aromatic N) is 1. The fraction of sp³-hybridized carbons (Fsp3) is 0.375. The van der Waals surface area contributed by atoms with Crippen molar-refractivity contribution in [2.24, 2.45) is 5.73 Å². The van der Waals surface area contributed by atoms with Crippen LogP contribution in [0.25, 0.3) is 0 Å². The molecule has 1 aromatic rings. The second-order valence-corrected chi connectivity index (χ2v) is 3.52. The van der Waals surface area contributed by atoms with Gasteiger partial charge in [0.05, 0.1) is 12.1 Å². The molecular weight excluding hydrogens is 220 g/mol. The van der Waals surface area contributed by atoms with Crippen molar-refractivity contribution in [2.45, 2.75) is 19.1 Å². The number of aromatic nitrogens is 1. The van der Waals surface area contributed by atoms with Crippen molar-refractivity contribution in [3.8, 4) is 0 Å². The maximum atomic E-state index is 9.23. The standard InChI is InChI=1S/C8H11BrN2O/c1-5(12)8(10)6-4-11-3-2-7(6)9/h2-5,8,12H,10H2,1H3/t5-,8-/m1/s1. The second-order valence-electron chi connectivity index (χ2n) is 2.66. The normalized spacial score (nSPS) is 15.7. The van der Waals surface area contributed by atoms with Crippen molar-refractivity contribution in [3.63, 3.8) is 0 Å². The number of pyridine rings is 1. The highest BCUT2D eigenvalue weighted by Gasteiger charge is 2.14. The molecule has 3 N–H and O–H groups in total. The van der Waals surface area contributed by atoms with Crippen LogP contribution in [0.15, 0.2) is 22.9 Å². The lowest BCUT2D eigenvalue weighted by molar-refractivity contribution is 0.164. The number of hydrogen-bond donors (Lipinski definition) is 2. The molecule has 1 rings (SSSR count). The van der Waals surface area contributed by atoms with Gasteiger partial charge in [-0.05, 0) is 13.0 Å². The van der Waals surface area contributed by atoms with Gasteiger partial charge in [-0.2, -0.15) is 0 Å². The van der Waals surface area contributed by atoms with Crippen LogP contribution >= 0.6 is 15.9 Å². The van der Waals surface area contributed by atoms with Gasteiger partial charge in [0, 0.05) is 22.4 Å². The Hall–Kier alpha value is -0.450. The maximum Gasteiger partial charge on any atom is 0.0705 e. The largest absolute Gasteiger partial charge is 0.391 e. The highest BCUT2D eigenvalue weighted by molar-refractivity contribution is 9.10. The molecule has 12 heavy (non-hydrogen) atoms. The van der Waals surface area contributed by atoms with Gasteiger partial charge in [0.1, 0.15) is 0 Å². The van der Waals surface area contributed by atoms with Crippen LogP contribution in [0.1, 0.15) is 18.5 Å². The van der Waals surface area contributed by atoms with Crippen LogP contribution < -0.4 is 5.73 Å². The minimum absolute atomic E-state index is 0.381. The predicted molar refractivity (Wildman–Crippen MR) is 50.5 cm³/mol. The molecule has 0 radical (unpaired) electrons. The highest BCUT2D eigenvalue weighted by atomic mass is 79.9. The minimum Gasteiger partial charge on any atom is -0.391 e. The minimum atomic E-state index is -0.564. The molecule has 0 spiro atoms. The molecule has 0 unspecified atom stereocenters. The van der Waals surface area contributed by atoms with Gasteiger partial charge in [-0.25, -0.2) is 0 Å². The molecule has 4 heteroatoms. The van der Waals surface area contributed by atoms with Crippen LogP contribution in [0, 0.1) is 0 Å². The molecule has 0 aromatic carbocycles. The topological polar surface area (TPSA) is 59.1 Å². The Balaban J connectivity index is 2.94. The second kappa shape index (κ2) is 3.98. The number of aliphatic hydroxyl groups is 1. The van der Waals surface area contributed by atoms with Crippen molar-refractivity contribution in [2.75, 3.05) is 0 Å². The van der Waals surface area contributed by atoms with Gasteiger partial charge in [-0.3, -0.25) is 4.98 Å². The van der Waals surface area contributed by atoms with E-state index in [9.17, 15) is 5.11 Å². The summed E-state index contributed by atoms with van der Waals surface area (Å²) in [5, 5.41) is 9.23. The summed E-state index contributed by atoms with van der Waals surface area (Å²) >= 11 is 3.33. The fourth-order valence-corrected chi connectivity index (χ4v) is 1.38. The molecule has 3 nitrogen and oxygen atoms in total. The van der Waals surface area contributed by atoms with Gasteiger partial charge < -0.3 is 10.8 Å². The predicted octanol–water partition coefficient (Wildman–Crippen LogP) is 1.22. The van der Waals surface area contributed by atoms with Crippen LogP contribution in [-0.4, -0.2) is 16.2 Å². The van der Waals surface area contributed by atoms with Crippen LogP contribution in [0.5, 0.6) is 0 Å². The van der Waals surface area contributed by atoms with E-state index in [4.69, 9.17) is 5.73 Å². The average molecular weight is 231 g/mol. The van der Waals surface area contributed by atoms with Crippen LogP contribution in [0.2, 0.25) is 0 Å². The Morgan fingerprint density at radius 2 is 2.33 bits per heavy atom. The first-order valence-corrected chi connectivity index (χ1v) is 4.45. The molecule has 0 bridgehead atoms. The van der Waals surface area contributed by atoms with Crippen molar-refractivity contribution < 1.29 is 5.11 Å². The van der Waals surface area contributed by atoms with Crippen LogP contribution in [0.3, 0.4) is 0 Å². The third-order valence-corrected chi connectivity index (χ3v) is 2.40. The first kappa shape index (κ1) is 9.64. The quantitative estimate of drug-likeness (QED) is 0.804. The lowest BCUT2D eigenvalue weighted by Gasteiger charge is -2.15. The zero-order valence-corrected chi connectivity index (χ0v) is 8.32. The van der Waals surface area contributed by atoms with E-state index in [-0.39, 0.29) is 6.04 Å². The molecule has 0 saturated heterocycles. The lowest BCUT2D eigenvalue weighted by Crippen LogP contribution is -2.23. The third kappa shape index (κ3) is 2.03. The summed E-state index contributed by atoms with van der Waals surface area (Å²) in [5.74, 6) is 0. The fourth-order valence-electron chi connectivity index (χ4n) is 0.895. The number of halogens is 1. The van der Waals surface area contributed by atoms with Crippen LogP contribution in [-0.2, 0) is 0 Å². The van der Waals surface area contributed by atoms with E-state index >= 15 is 0 Å². The van der Waals surface area contributed by atoms with Gasteiger partial charge in [0.2, 0.25) is 0 Å². The van der Waals surface area contributed by atoms with E-state index in [0.717, 1.165) is 10.0 Å². The third-order valence-electron chi connectivity index (χ3n) is 1.68. The Bertz CT molecular complexity index is 265. The van der Waals surface area contributed by atoms with E-state index in [2.05, 4.69) is 20.9 Å². The molecular formula is C8H11BrN2O. The molecule has 0 amide bonds. The molecule has 2 atom stereocenters. The molecule has 0 saturated carbocycles. The zero-order valence-electron chi connectivity index (χ0n) is 6.74. The summed E-state index contributed by atoms with van der Waals surface area (Å²) in [7, 11) is 0. The Morgan fingerprint density at radius 3 is 2.83 bits per heavy atom. The maximum absolute atomic E-state index is 9.23. The summed E-state index contributed by atoms with van der Waals surface area (Å²) in [6.07, 6.45) is 2.76. The lowest BCUT2D eigenvalue weighted by atomic mass is 10.1. The van der Waals surface area contributed by atoms with Crippen molar-refractivity contribution >= 4 is 15.9 Å². The number of hydrogen-bond acceptors (Lipinski definition) is 3. The summed E-state index contributed by atoms with van der Waals surface area (Å²) in [5.41, 5.74) is 6.55. The van der Waals surface area contributed by atoms with Gasteiger partial charge in [0.25, 0.3) is 0 Å². The van der Waals surface area contributed by atoms with Gasteiger partial charge >= 0.3 is 0 Å². The van der Waals surface area contributed by atoms with Gasteiger partial charge in [-0.15, -0.1) is 0 Å². The highest BCUT2D eigenvalue weighted by Crippen LogP contribution is 2.22. The number of rotatable bonds is 2. The van der Waals surface area contributed by atoms with E-state index in [1.165, 1.54) is 0 Å². The molecule has 1 heterocycles. The Kier molecular flexibility index (Phi) is 3.20. The van der Waals surface area contributed by atoms with E-state index < -0.39 is 6.10 Å². The van der Waals surface area contributed by atoms with Crippen LogP contribution in [0.4, 0.5) is 0 Å². The smallest absolute Gasteiger partial charge is 0.0705 e. The van der Waals surface area contributed by atoms with E-state index in [0.29, 0.717) is 0 Å². The van der Waals surface area contributed by atoms with Crippen molar-refractivity contribution in [1.82, 2.24) is 4.98 Å². The van der Waals surface area contributed by atoms with E-state index in [1.54, 1.807) is 25.4 Å². The molecule has 0 aliphatic carbocycles. The first-order valence-electron chi connectivity index (χ1n) is 3.66. The monoisotopic (exact) mass is 230 g/mol. The number of aliphatic hydroxyl groups excluding tert-OH is 1. The van der Waals surface area contributed by atoms with Crippen molar-refractivity contribution in [3.05, 3.63) is 28.5 Å². The van der Waals surface area contributed by atoms with Crippen molar-refractivity contribution in [1.29, 1.82) is 0 Å². The summed E-state index contributed by atoms with van der Waals surface area (Å²) in [6.45, 7) is 1.66. The molecule has 1 aromatic heterocycles. The molecule has 66 valence electrons. The first-order chi connectivity index (χ1) is 5.63. The molecule has 0 fully saturated rings. The molecule has 0 aliphatic rings. The SMILES string of the molecule is C[C@@H](O)[C@@H](N)c1cnccc1Br. The Labute approximate surface area is 79.7 Å². The summed E-state index contributed by atoms with van der Waals surface area (Å²) in [6, 6.07) is 1.42. The molecule has 0 aliphatic heterocycles. The van der Waals surface area contributed by atoms with Gasteiger partial charge in [-0.1, -0.05) is 15.9 Å². The summed E-state index contributed by atoms with van der Waals surface area (Å²) < 4.78 is 0.880. The average Bonchev–Trinajstić information content (AvgIpc) is 2.04. The van der Waals surface area contributed by atoms with Gasteiger partial charge in [0.15, 0.2) is 0 Å². The van der Waals surface area contributed by atoms with E-state index in [1.807, 2.05) is 0 Å². The zero-order chi connectivity index (χ0) is 9.14. The number of nitrogens with two attached hydrogens (primary N) is 1. The summed E-state index contributed by atoms with van der Waals surface area (Å²) in [4.78, 5) is 3.93. The Morgan fingerprint density at radius 1 is 1.67 bits per heavy atom.